The maximum absolute atomic E-state index is 12.8. The topological polar surface area (TPSA) is 88.1 Å². The van der Waals surface area contributed by atoms with Crippen molar-refractivity contribution >= 4 is 12.0 Å². The highest BCUT2D eigenvalue weighted by Gasteiger charge is 2.57. The zero-order chi connectivity index (χ0) is 20.4. The van der Waals surface area contributed by atoms with Gasteiger partial charge in [0.2, 0.25) is 5.91 Å². The lowest BCUT2D eigenvalue weighted by atomic mass is 9.93. The molecule has 0 bridgehead atoms. The monoisotopic (exact) mass is 390 g/mol. The molecule has 2 N–H and O–H groups in total. The van der Waals surface area contributed by atoms with Crippen LogP contribution in [0, 0.1) is 11.8 Å². The number of nitrogens with zero attached hydrogens (tertiary/aromatic N) is 1. The van der Waals surface area contributed by atoms with Gasteiger partial charge in [0, 0.05) is 13.2 Å². The van der Waals surface area contributed by atoms with E-state index in [-0.39, 0.29) is 24.1 Å². The first-order valence-corrected chi connectivity index (χ1v) is 9.81. The molecule has 1 aliphatic heterocycles. The Labute approximate surface area is 166 Å². The Kier molecular flexibility index (Phi) is 6.25. The summed E-state index contributed by atoms with van der Waals surface area (Å²) < 4.78 is 10.6. The molecule has 0 spiro atoms. The summed E-state index contributed by atoms with van der Waals surface area (Å²) in [7, 11) is 2.94. The first-order valence-electron chi connectivity index (χ1n) is 9.81. The van der Waals surface area contributed by atoms with E-state index in [1.54, 1.807) is 25.9 Å². The van der Waals surface area contributed by atoms with Crippen LogP contribution in [0.15, 0.2) is 30.3 Å². The number of carbonyl (C=O) groups excluding carboxylic acids is 2. The molecule has 0 aromatic heterocycles. The highest BCUT2D eigenvalue weighted by molar-refractivity contribution is 5.79. The number of methoxy groups -OCH3 is 2. The van der Waals surface area contributed by atoms with Crippen LogP contribution in [0.2, 0.25) is 0 Å². The highest BCUT2D eigenvalue weighted by atomic mass is 16.5. The zero-order valence-electron chi connectivity index (χ0n) is 16.9. The van der Waals surface area contributed by atoms with Crippen LogP contribution in [-0.4, -0.2) is 60.5 Å². The number of likely N-dealkylation sites (tertiary alicyclic amines) is 1. The summed E-state index contributed by atoms with van der Waals surface area (Å²) in [5.74, 6) is -0.222. The number of ether oxygens (including phenoxy) is 2. The molecule has 7 nitrogen and oxygen atoms in total. The number of hydrogen-bond acceptors (Lipinski definition) is 5. The van der Waals surface area contributed by atoms with Gasteiger partial charge in [-0.15, -0.1) is 0 Å². The van der Waals surface area contributed by atoms with Gasteiger partial charge in [0.05, 0.1) is 37.3 Å². The van der Waals surface area contributed by atoms with Gasteiger partial charge in [-0.25, -0.2) is 4.79 Å². The molecule has 2 aliphatic rings. The minimum absolute atomic E-state index is 0.184. The fourth-order valence-electron chi connectivity index (χ4n) is 4.38. The Morgan fingerprint density at radius 2 is 1.86 bits per heavy atom. The third kappa shape index (κ3) is 4.00. The van der Waals surface area contributed by atoms with E-state index in [0.717, 1.165) is 18.4 Å². The number of benzene rings is 1. The summed E-state index contributed by atoms with van der Waals surface area (Å²) >= 11 is 0. The molecule has 1 aromatic rings. The van der Waals surface area contributed by atoms with E-state index in [9.17, 15) is 14.7 Å². The highest BCUT2D eigenvalue weighted by Crippen LogP contribution is 2.49. The Balaban J connectivity index is 1.65. The number of aliphatic hydroxyl groups excluding tert-OH is 1. The second kappa shape index (κ2) is 8.49. The second-order valence-corrected chi connectivity index (χ2v) is 7.89. The fraction of sp³-hybridized carbons (Fsp3) is 0.619. The number of rotatable bonds is 7. The van der Waals surface area contributed by atoms with Gasteiger partial charge >= 0.3 is 6.09 Å². The van der Waals surface area contributed by atoms with Crippen molar-refractivity contribution in [3.8, 4) is 0 Å². The molecule has 1 aliphatic carbocycles. The van der Waals surface area contributed by atoms with Crippen molar-refractivity contribution in [2.24, 2.45) is 11.8 Å². The first-order chi connectivity index (χ1) is 13.4. The molecule has 2 amide bonds. The zero-order valence-corrected chi connectivity index (χ0v) is 16.9. The smallest absolute Gasteiger partial charge is 0.410 e. The van der Waals surface area contributed by atoms with E-state index < -0.39 is 24.2 Å². The maximum Gasteiger partial charge on any atom is 0.410 e. The number of amides is 2. The van der Waals surface area contributed by atoms with Crippen molar-refractivity contribution in [2.75, 3.05) is 14.2 Å². The number of fused-ring (bicyclic) bond motifs is 1. The third-order valence-corrected chi connectivity index (χ3v) is 6.07. The summed E-state index contributed by atoms with van der Waals surface area (Å²) in [4.78, 5) is 26.8. The standard InChI is InChI=1S/C21H30N2O5/c1-12(20(25)22-13(2)18(24)14-8-6-5-7-9-14)19(27-3)17-11-15-10-16(15)23(17)21(26)28-4/h5-9,12-13,15-19,24H,10-11H2,1-4H3,(H,22,25)/t12-,13-,15+,16+,17+,18-,19-/m1/s1. The van der Waals surface area contributed by atoms with Gasteiger partial charge in [0.15, 0.2) is 0 Å². The minimum Gasteiger partial charge on any atom is -0.453 e. The predicted octanol–water partition coefficient (Wildman–Crippen LogP) is 2.10. The lowest BCUT2D eigenvalue weighted by molar-refractivity contribution is -0.132. The summed E-state index contributed by atoms with van der Waals surface area (Å²) in [6.07, 6.45) is 0.204. The van der Waals surface area contributed by atoms with Gasteiger partial charge in [0.1, 0.15) is 0 Å². The van der Waals surface area contributed by atoms with Crippen LogP contribution in [0.5, 0.6) is 0 Å². The van der Waals surface area contributed by atoms with E-state index in [1.165, 1.54) is 7.11 Å². The number of aliphatic hydroxyl groups is 1. The van der Waals surface area contributed by atoms with Gasteiger partial charge in [-0.05, 0) is 31.2 Å². The van der Waals surface area contributed by atoms with Crippen LogP contribution in [0.1, 0.15) is 38.4 Å². The van der Waals surface area contributed by atoms with Crippen LogP contribution >= 0.6 is 0 Å². The molecule has 28 heavy (non-hydrogen) atoms. The van der Waals surface area contributed by atoms with Crippen molar-refractivity contribution in [2.45, 2.75) is 57.0 Å². The van der Waals surface area contributed by atoms with Crippen LogP contribution in [-0.2, 0) is 14.3 Å². The average Bonchev–Trinajstić information content (AvgIpc) is 3.37. The molecular weight excluding hydrogens is 360 g/mol. The Morgan fingerprint density at radius 3 is 2.46 bits per heavy atom. The summed E-state index contributed by atoms with van der Waals surface area (Å²) in [5, 5.41) is 13.4. The van der Waals surface area contributed by atoms with Gasteiger partial charge < -0.3 is 19.9 Å². The van der Waals surface area contributed by atoms with E-state index in [0.29, 0.717) is 5.92 Å². The van der Waals surface area contributed by atoms with E-state index in [4.69, 9.17) is 9.47 Å². The van der Waals surface area contributed by atoms with Crippen molar-refractivity contribution < 1.29 is 24.2 Å². The van der Waals surface area contributed by atoms with Crippen LogP contribution in [0.3, 0.4) is 0 Å². The third-order valence-electron chi connectivity index (χ3n) is 6.07. The lowest BCUT2D eigenvalue weighted by Crippen LogP contribution is -2.52. The van der Waals surface area contributed by atoms with Crippen LogP contribution < -0.4 is 5.32 Å². The summed E-state index contributed by atoms with van der Waals surface area (Å²) in [6, 6.07) is 8.79. The molecule has 7 heteroatoms. The van der Waals surface area contributed by atoms with Crippen LogP contribution in [0.4, 0.5) is 4.79 Å². The Hall–Kier alpha value is -2.12. The van der Waals surface area contributed by atoms with Crippen molar-refractivity contribution in [1.29, 1.82) is 0 Å². The van der Waals surface area contributed by atoms with Gasteiger partial charge in [-0.2, -0.15) is 0 Å². The van der Waals surface area contributed by atoms with Crippen LogP contribution in [0.25, 0.3) is 0 Å². The summed E-state index contributed by atoms with van der Waals surface area (Å²) in [5.41, 5.74) is 0.749. The molecule has 7 atom stereocenters. The van der Waals surface area contributed by atoms with Gasteiger partial charge in [-0.3, -0.25) is 9.69 Å². The normalized spacial score (nSPS) is 27.3. The number of piperidine rings is 1. The lowest BCUT2D eigenvalue weighted by Gasteiger charge is -2.35. The van der Waals surface area contributed by atoms with Crippen molar-refractivity contribution in [3.05, 3.63) is 35.9 Å². The predicted molar refractivity (Wildman–Crippen MR) is 104 cm³/mol. The quantitative estimate of drug-likeness (QED) is 0.744. The van der Waals surface area contributed by atoms with Gasteiger partial charge in [-0.1, -0.05) is 37.3 Å². The Bertz CT molecular complexity index is 697. The number of nitrogens with one attached hydrogen (secondary N) is 1. The average molecular weight is 390 g/mol. The van der Waals surface area contributed by atoms with E-state index >= 15 is 0 Å². The second-order valence-electron chi connectivity index (χ2n) is 7.89. The molecule has 1 aromatic carbocycles. The van der Waals surface area contributed by atoms with Crippen molar-refractivity contribution in [3.63, 3.8) is 0 Å². The molecule has 3 rings (SSSR count). The molecular formula is C21H30N2O5. The minimum atomic E-state index is -0.802. The first kappa shape index (κ1) is 20.6. The maximum atomic E-state index is 12.8. The van der Waals surface area contributed by atoms with E-state index in [2.05, 4.69) is 5.32 Å². The molecule has 1 heterocycles. The molecule has 154 valence electrons. The SMILES string of the molecule is COC(=O)N1[C@H]2C[C@H]2C[C@H]1[C@H](OC)[C@@H](C)C(=O)N[C@H](C)[C@@H](O)c1ccccc1. The summed E-state index contributed by atoms with van der Waals surface area (Å²) in [6.45, 7) is 3.57. The van der Waals surface area contributed by atoms with E-state index in [1.807, 2.05) is 30.3 Å². The largest absolute Gasteiger partial charge is 0.453 e. The Morgan fingerprint density at radius 1 is 1.18 bits per heavy atom. The number of hydrogen-bond donors (Lipinski definition) is 2. The molecule has 1 saturated heterocycles. The van der Waals surface area contributed by atoms with Crippen molar-refractivity contribution in [1.82, 2.24) is 10.2 Å². The molecule has 0 radical (unpaired) electrons. The number of carbonyl (C=O) groups is 2. The fourth-order valence-corrected chi connectivity index (χ4v) is 4.38. The van der Waals surface area contributed by atoms with Gasteiger partial charge in [0.25, 0.3) is 0 Å². The molecule has 2 fully saturated rings. The molecule has 1 saturated carbocycles. The molecule has 0 unspecified atom stereocenters.